The number of amides is 2. The summed E-state index contributed by atoms with van der Waals surface area (Å²) in [6.07, 6.45) is 2.39. The normalized spacial score (nSPS) is 15.2. The van der Waals surface area contributed by atoms with Crippen LogP contribution in [0.2, 0.25) is 0 Å². The van der Waals surface area contributed by atoms with E-state index in [1.54, 1.807) is 25.1 Å². The van der Waals surface area contributed by atoms with Crippen molar-refractivity contribution in [3.63, 3.8) is 0 Å². The second kappa shape index (κ2) is 13.5. The van der Waals surface area contributed by atoms with Gasteiger partial charge in [-0.1, -0.05) is 18.2 Å². The van der Waals surface area contributed by atoms with Crippen molar-refractivity contribution in [1.82, 2.24) is 15.2 Å². The number of hydrogen-bond acceptors (Lipinski definition) is 9. The number of pyridine rings is 1. The van der Waals surface area contributed by atoms with Crippen LogP contribution in [0.5, 0.6) is 17.4 Å². The first kappa shape index (κ1) is 29.1. The van der Waals surface area contributed by atoms with Crippen LogP contribution < -0.4 is 24.8 Å². The molecule has 0 spiro atoms. The number of rotatable bonds is 10. The lowest BCUT2D eigenvalue weighted by molar-refractivity contribution is -0.141. The third-order valence-electron chi connectivity index (χ3n) is 7.51. The van der Waals surface area contributed by atoms with Crippen LogP contribution in [0.3, 0.4) is 0 Å². The molecular weight excluding hydrogens is 540 g/mol. The molecule has 2 aliphatic rings. The number of benzene rings is 2. The third kappa shape index (κ3) is 6.91. The summed E-state index contributed by atoms with van der Waals surface area (Å²) >= 11 is 0. The van der Waals surface area contributed by atoms with Crippen LogP contribution in [0.4, 0.5) is 5.69 Å². The fraction of sp³-hybridized carbons (Fsp3) is 0.419. The minimum absolute atomic E-state index is 0.0769. The van der Waals surface area contributed by atoms with E-state index in [1.165, 1.54) is 18.7 Å². The smallest absolute Gasteiger partial charge is 0.325 e. The lowest BCUT2D eigenvalue weighted by Gasteiger charge is -2.31. The van der Waals surface area contributed by atoms with Gasteiger partial charge in [0.1, 0.15) is 19.8 Å². The Kier molecular flexibility index (Phi) is 9.38. The number of methoxy groups -OCH3 is 1. The number of hydrogen-bond donors (Lipinski definition) is 2. The Morgan fingerprint density at radius 2 is 1.83 bits per heavy atom. The van der Waals surface area contributed by atoms with E-state index < -0.39 is 11.9 Å². The van der Waals surface area contributed by atoms with Crippen molar-refractivity contribution in [2.24, 2.45) is 5.92 Å². The van der Waals surface area contributed by atoms with Gasteiger partial charge in [-0.3, -0.25) is 14.4 Å². The highest BCUT2D eigenvalue weighted by atomic mass is 16.6. The second-order valence-corrected chi connectivity index (χ2v) is 10.2. The van der Waals surface area contributed by atoms with Crippen LogP contribution in [-0.2, 0) is 20.7 Å². The topological polar surface area (TPSA) is 128 Å². The Morgan fingerprint density at radius 1 is 1.05 bits per heavy atom. The largest absolute Gasteiger partial charge is 0.486 e. The van der Waals surface area contributed by atoms with E-state index in [9.17, 15) is 14.4 Å². The summed E-state index contributed by atoms with van der Waals surface area (Å²) in [7, 11) is 1.46. The monoisotopic (exact) mass is 576 g/mol. The summed E-state index contributed by atoms with van der Waals surface area (Å²) in [5.74, 6) is 0.607. The lowest BCUT2D eigenvalue weighted by atomic mass is 9.95. The molecule has 2 aliphatic heterocycles. The first-order valence-electron chi connectivity index (χ1n) is 14.3. The number of anilines is 1. The van der Waals surface area contributed by atoms with Gasteiger partial charge in [0.25, 0.3) is 5.91 Å². The van der Waals surface area contributed by atoms with Gasteiger partial charge in [0, 0.05) is 23.9 Å². The third-order valence-corrected chi connectivity index (χ3v) is 7.51. The molecule has 5 rings (SSSR count). The summed E-state index contributed by atoms with van der Waals surface area (Å²) in [5.41, 5.74) is 2.41. The summed E-state index contributed by atoms with van der Waals surface area (Å²) in [6, 6.07) is 12.9. The van der Waals surface area contributed by atoms with Crippen LogP contribution >= 0.6 is 0 Å². The minimum Gasteiger partial charge on any atom is -0.486 e. The van der Waals surface area contributed by atoms with Gasteiger partial charge in [-0.15, -0.1) is 0 Å². The summed E-state index contributed by atoms with van der Waals surface area (Å²) in [5, 5.41) is 6.14. The van der Waals surface area contributed by atoms with Crippen LogP contribution in [0.15, 0.2) is 42.5 Å². The lowest BCUT2D eigenvalue weighted by Crippen LogP contribution is -2.39. The zero-order valence-electron chi connectivity index (χ0n) is 23.9. The van der Waals surface area contributed by atoms with Gasteiger partial charge in [0.05, 0.1) is 30.5 Å². The average Bonchev–Trinajstić information content (AvgIpc) is 3.02. The number of nitrogens with zero attached hydrogens (tertiary/aromatic N) is 2. The molecule has 2 N–H and O–H groups in total. The van der Waals surface area contributed by atoms with Gasteiger partial charge in [0.2, 0.25) is 11.8 Å². The minimum atomic E-state index is -0.529. The van der Waals surface area contributed by atoms with Crippen molar-refractivity contribution < 1.29 is 33.3 Å². The number of ether oxygens (including phenoxy) is 4. The molecule has 0 bridgehead atoms. The van der Waals surface area contributed by atoms with E-state index in [0.29, 0.717) is 29.8 Å². The first-order valence-corrected chi connectivity index (χ1v) is 14.3. The van der Waals surface area contributed by atoms with E-state index >= 15 is 0 Å². The van der Waals surface area contributed by atoms with E-state index in [2.05, 4.69) is 32.7 Å². The maximum atomic E-state index is 13.3. The highest BCUT2D eigenvalue weighted by Crippen LogP contribution is 2.32. The van der Waals surface area contributed by atoms with Crippen molar-refractivity contribution in [3.05, 3.63) is 53.6 Å². The maximum absolute atomic E-state index is 13.3. The summed E-state index contributed by atoms with van der Waals surface area (Å²) in [6.45, 7) is 5.38. The Bertz CT molecular complexity index is 1450. The van der Waals surface area contributed by atoms with E-state index in [0.717, 1.165) is 50.4 Å². The molecule has 0 atom stereocenters. The van der Waals surface area contributed by atoms with Gasteiger partial charge in [0.15, 0.2) is 11.5 Å². The molecule has 0 saturated carbocycles. The Labute approximate surface area is 244 Å². The van der Waals surface area contributed by atoms with Crippen molar-refractivity contribution in [3.8, 4) is 17.4 Å². The number of esters is 1. The predicted octanol–water partition coefficient (Wildman–Crippen LogP) is 3.20. The van der Waals surface area contributed by atoms with Crippen LogP contribution in [0.25, 0.3) is 10.9 Å². The number of carbonyl (C=O) groups excluding carboxylic acids is 3. The van der Waals surface area contributed by atoms with E-state index in [4.69, 9.17) is 18.9 Å². The Hall–Kier alpha value is -4.38. The number of carbonyl (C=O) groups is 3. The van der Waals surface area contributed by atoms with Gasteiger partial charge < -0.3 is 34.5 Å². The quantitative estimate of drug-likeness (QED) is 0.350. The SMILES string of the molecule is CCOC(=O)CNC(=O)c1cc(OC)nc2c(NC(=O)C3CCN(CCc4ccc5c(c4)OCCO5)CC3)cccc12. The highest BCUT2D eigenvalue weighted by molar-refractivity contribution is 6.11. The molecule has 11 nitrogen and oxygen atoms in total. The van der Waals surface area contributed by atoms with Gasteiger partial charge in [-0.25, -0.2) is 4.98 Å². The van der Waals surface area contributed by atoms with Crippen LogP contribution in [-0.4, -0.2) is 80.8 Å². The molecule has 11 heteroatoms. The van der Waals surface area contributed by atoms with E-state index in [1.807, 2.05) is 6.07 Å². The number of fused-ring (bicyclic) bond motifs is 2. The zero-order chi connectivity index (χ0) is 29.5. The fourth-order valence-corrected chi connectivity index (χ4v) is 5.26. The average molecular weight is 577 g/mol. The summed E-state index contributed by atoms with van der Waals surface area (Å²) < 4.78 is 21.5. The highest BCUT2D eigenvalue weighted by Gasteiger charge is 2.26. The molecule has 222 valence electrons. The van der Waals surface area contributed by atoms with Gasteiger partial charge in [-0.2, -0.15) is 0 Å². The molecule has 0 aliphatic carbocycles. The number of para-hydroxylation sites is 1. The van der Waals surface area contributed by atoms with Crippen LogP contribution in [0.1, 0.15) is 35.7 Å². The predicted molar refractivity (Wildman–Crippen MR) is 156 cm³/mol. The Balaban J connectivity index is 1.20. The Morgan fingerprint density at radius 3 is 2.60 bits per heavy atom. The molecule has 2 amide bonds. The molecule has 2 aromatic carbocycles. The molecule has 1 fully saturated rings. The standard InChI is InChI=1S/C31H36N4O7/c1-3-40-28(36)19-32-31(38)23-18-27(39-2)34-29-22(23)5-4-6-24(29)33-30(37)21-10-13-35(14-11-21)12-9-20-7-8-25-26(17-20)42-16-15-41-25/h4-8,17-18,21H,3,9-16,19H2,1-2H3,(H,32,38)(H,33,37). The second-order valence-electron chi connectivity index (χ2n) is 10.2. The number of nitrogens with one attached hydrogen (secondary N) is 2. The zero-order valence-corrected chi connectivity index (χ0v) is 23.9. The number of aromatic nitrogens is 1. The number of likely N-dealkylation sites (tertiary alicyclic amines) is 1. The number of piperidine rings is 1. The summed E-state index contributed by atoms with van der Waals surface area (Å²) in [4.78, 5) is 44.9. The van der Waals surface area contributed by atoms with Crippen molar-refractivity contribution in [2.45, 2.75) is 26.2 Å². The first-order chi connectivity index (χ1) is 20.4. The van der Waals surface area contributed by atoms with Crippen molar-refractivity contribution >= 4 is 34.4 Å². The van der Waals surface area contributed by atoms with E-state index in [-0.39, 0.29) is 36.4 Å². The molecule has 3 aromatic rings. The molecule has 1 aromatic heterocycles. The van der Waals surface area contributed by atoms with Gasteiger partial charge >= 0.3 is 5.97 Å². The maximum Gasteiger partial charge on any atom is 0.325 e. The molecule has 0 radical (unpaired) electrons. The molecule has 0 unspecified atom stereocenters. The fourth-order valence-electron chi connectivity index (χ4n) is 5.26. The molecule has 42 heavy (non-hydrogen) atoms. The van der Waals surface area contributed by atoms with Crippen molar-refractivity contribution in [2.75, 3.05) is 58.4 Å². The van der Waals surface area contributed by atoms with Crippen molar-refractivity contribution in [1.29, 1.82) is 0 Å². The van der Waals surface area contributed by atoms with Crippen LogP contribution in [0, 0.1) is 5.92 Å². The molecule has 3 heterocycles. The van der Waals surface area contributed by atoms with Gasteiger partial charge in [-0.05, 0) is 63.0 Å². The molecular formula is C31H36N4O7. The molecule has 1 saturated heterocycles.